The van der Waals surface area contributed by atoms with Crippen LogP contribution in [0.1, 0.15) is 60.8 Å². The second-order valence-corrected chi connectivity index (χ2v) is 12.4. The third kappa shape index (κ3) is 19.7. The summed E-state index contributed by atoms with van der Waals surface area (Å²) in [5, 5.41) is 15.1. The molecular formula is C20H41N2O7PS. The van der Waals surface area contributed by atoms with Crippen molar-refractivity contribution in [3.63, 3.8) is 0 Å². The van der Waals surface area contributed by atoms with E-state index >= 15 is 0 Å². The Morgan fingerprint density at radius 3 is 2.23 bits per heavy atom. The Bertz CT molecular complexity index is 591. The lowest BCUT2D eigenvalue weighted by Gasteiger charge is -2.20. The van der Waals surface area contributed by atoms with E-state index in [4.69, 9.17) is 9.05 Å². The van der Waals surface area contributed by atoms with E-state index in [1.54, 1.807) is 11.8 Å². The molecule has 0 aliphatic heterocycles. The minimum Gasteiger partial charge on any atom is -0.383 e. The molecule has 0 aromatic heterocycles. The molecule has 0 radical (unpaired) electrons. The molecule has 9 nitrogen and oxygen atoms in total. The molecular weight excluding hydrogens is 443 g/mol. The van der Waals surface area contributed by atoms with Gasteiger partial charge in [0.25, 0.3) is 0 Å². The van der Waals surface area contributed by atoms with Gasteiger partial charge in [-0.3, -0.25) is 18.6 Å². The van der Waals surface area contributed by atoms with Crippen LogP contribution in [-0.4, -0.2) is 65.7 Å². The third-order valence-corrected chi connectivity index (χ3v) is 5.78. The second kappa shape index (κ2) is 14.5. The van der Waals surface area contributed by atoms with Crippen LogP contribution in [0.3, 0.4) is 0 Å². The highest BCUT2D eigenvalue weighted by atomic mass is 32.2. The van der Waals surface area contributed by atoms with Crippen molar-refractivity contribution in [2.24, 2.45) is 10.8 Å². The van der Waals surface area contributed by atoms with Gasteiger partial charge in [0.05, 0.1) is 13.2 Å². The normalized spacial score (nSPS) is 15.2. The highest BCUT2D eigenvalue weighted by molar-refractivity contribution is 7.99. The van der Waals surface area contributed by atoms with Gasteiger partial charge in [0, 0.05) is 31.7 Å². The van der Waals surface area contributed by atoms with Gasteiger partial charge in [-0.05, 0) is 23.0 Å². The van der Waals surface area contributed by atoms with Crippen molar-refractivity contribution in [3.05, 3.63) is 0 Å². The molecule has 0 spiro atoms. The van der Waals surface area contributed by atoms with Crippen LogP contribution >= 0.6 is 19.6 Å². The van der Waals surface area contributed by atoms with E-state index < -0.39 is 19.8 Å². The standard InChI is InChI=1S/C20H41N2O7PS/c1-19(2,3)9-13-31-14-11-21-17(24)7-10-22-18(25)16(23)8-12-28-30(26,27)29-15-20(4,5)6/h16,23H,7-15H2,1-6H3,(H,21,24)(H,22,25)(H,26,27). The second-order valence-electron chi connectivity index (χ2n) is 9.75. The predicted molar refractivity (Wildman–Crippen MR) is 124 cm³/mol. The summed E-state index contributed by atoms with van der Waals surface area (Å²) in [5.74, 6) is 1.04. The molecule has 2 atom stereocenters. The van der Waals surface area contributed by atoms with Crippen molar-refractivity contribution in [1.82, 2.24) is 10.6 Å². The molecule has 11 heteroatoms. The Labute approximate surface area is 191 Å². The lowest BCUT2D eigenvalue weighted by molar-refractivity contribution is -0.130. The molecule has 0 saturated carbocycles. The summed E-state index contributed by atoms with van der Waals surface area (Å²) in [6.07, 6.45) is -0.364. The van der Waals surface area contributed by atoms with E-state index in [0.29, 0.717) is 12.0 Å². The highest BCUT2D eigenvalue weighted by Crippen LogP contribution is 2.44. The van der Waals surface area contributed by atoms with Crippen LogP contribution in [0.2, 0.25) is 0 Å². The molecule has 0 bridgehead atoms. The maximum Gasteiger partial charge on any atom is 0.472 e. The van der Waals surface area contributed by atoms with Gasteiger partial charge in [0.2, 0.25) is 11.8 Å². The van der Waals surface area contributed by atoms with Crippen molar-refractivity contribution in [1.29, 1.82) is 0 Å². The first-order valence-electron chi connectivity index (χ1n) is 10.5. The molecule has 31 heavy (non-hydrogen) atoms. The number of phosphoric acid groups is 1. The number of thioether (sulfide) groups is 1. The largest absolute Gasteiger partial charge is 0.472 e. The van der Waals surface area contributed by atoms with E-state index in [-0.39, 0.29) is 43.9 Å². The number of hydrogen-bond acceptors (Lipinski definition) is 7. The monoisotopic (exact) mass is 484 g/mol. The number of amides is 2. The molecule has 0 aromatic rings. The van der Waals surface area contributed by atoms with Crippen LogP contribution in [0.5, 0.6) is 0 Å². The zero-order valence-electron chi connectivity index (χ0n) is 19.7. The molecule has 2 amide bonds. The third-order valence-electron chi connectivity index (χ3n) is 3.83. The molecule has 0 fully saturated rings. The molecule has 0 aliphatic rings. The SMILES string of the molecule is CC(C)(C)CCSCCNC(=O)CCNC(=O)C(O)CCOP(=O)(O)OCC(C)(C)C. The van der Waals surface area contributed by atoms with Gasteiger partial charge in [-0.2, -0.15) is 11.8 Å². The molecule has 0 aliphatic carbocycles. The van der Waals surface area contributed by atoms with E-state index in [9.17, 15) is 24.2 Å². The molecule has 0 saturated heterocycles. The molecule has 4 N–H and O–H groups in total. The first-order chi connectivity index (χ1) is 14.1. The van der Waals surface area contributed by atoms with E-state index in [0.717, 1.165) is 17.9 Å². The van der Waals surface area contributed by atoms with Crippen LogP contribution in [-0.2, 0) is 23.2 Å². The number of phosphoric ester groups is 1. The average Bonchev–Trinajstić information content (AvgIpc) is 2.61. The molecule has 0 rings (SSSR count). The Morgan fingerprint density at radius 2 is 1.65 bits per heavy atom. The Kier molecular flexibility index (Phi) is 14.2. The predicted octanol–water partition coefficient (Wildman–Crippen LogP) is 2.71. The zero-order chi connectivity index (χ0) is 24.1. The summed E-state index contributed by atoms with van der Waals surface area (Å²) in [6, 6.07) is 0. The maximum absolute atomic E-state index is 11.8. The summed E-state index contributed by atoms with van der Waals surface area (Å²) < 4.78 is 21.3. The first-order valence-corrected chi connectivity index (χ1v) is 13.2. The number of carbonyl (C=O) groups is 2. The van der Waals surface area contributed by atoms with Gasteiger partial charge in [-0.25, -0.2) is 4.57 Å². The molecule has 184 valence electrons. The fourth-order valence-corrected chi connectivity index (χ4v) is 4.14. The van der Waals surface area contributed by atoms with Crippen LogP contribution in [0.15, 0.2) is 0 Å². The van der Waals surface area contributed by atoms with Gasteiger partial charge < -0.3 is 20.6 Å². The summed E-state index contributed by atoms with van der Waals surface area (Å²) in [5.41, 5.74) is 0.00145. The van der Waals surface area contributed by atoms with Crippen molar-refractivity contribution in [3.8, 4) is 0 Å². The van der Waals surface area contributed by atoms with Gasteiger partial charge in [0.1, 0.15) is 6.10 Å². The molecule has 0 aromatic carbocycles. The van der Waals surface area contributed by atoms with Crippen molar-refractivity contribution in [2.45, 2.75) is 66.9 Å². The van der Waals surface area contributed by atoms with Crippen LogP contribution in [0, 0.1) is 10.8 Å². The number of rotatable bonds is 15. The minimum absolute atomic E-state index is 0.0293. The molecule has 2 unspecified atom stereocenters. The summed E-state index contributed by atoms with van der Waals surface area (Å²) in [7, 11) is -4.23. The van der Waals surface area contributed by atoms with Crippen molar-refractivity contribution >= 4 is 31.4 Å². The Balaban J connectivity index is 3.87. The van der Waals surface area contributed by atoms with E-state index in [1.807, 2.05) is 20.8 Å². The Hall–Kier alpha value is -0.640. The fraction of sp³-hybridized carbons (Fsp3) is 0.900. The zero-order valence-corrected chi connectivity index (χ0v) is 21.4. The van der Waals surface area contributed by atoms with E-state index in [1.165, 1.54) is 0 Å². The summed E-state index contributed by atoms with van der Waals surface area (Å²) in [6.45, 7) is 12.5. The van der Waals surface area contributed by atoms with Crippen LogP contribution < -0.4 is 10.6 Å². The van der Waals surface area contributed by atoms with Gasteiger partial charge in [-0.1, -0.05) is 41.5 Å². The number of aliphatic hydroxyl groups is 1. The number of hydrogen-bond donors (Lipinski definition) is 4. The molecule has 0 heterocycles. The quantitative estimate of drug-likeness (QED) is 0.206. The first kappa shape index (κ1) is 30.4. The smallest absolute Gasteiger partial charge is 0.383 e. The lowest BCUT2D eigenvalue weighted by Crippen LogP contribution is -2.37. The maximum atomic E-state index is 11.8. The topological polar surface area (TPSA) is 134 Å². The van der Waals surface area contributed by atoms with Crippen molar-refractivity contribution in [2.75, 3.05) is 37.8 Å². The lowest BCUT2D eigenvalue weighted by atomic mass is 9.94. The van der Waals surface area contributed by atoms with Gasteiger partial charge in [-0.15, -0.1) is 0 Å². The number of carbonyl (C=O) groups excluding carboxylic acids is 2. The fourth-order valence-electron chi connectivity index (χ4n) is 1.97. The van der Waals surface area contributed by atoms with Crippen LogP contribution in [0.25, 0.3) is 0 Å². The highest BCUT2D eigenvalue weighted by Gasteiger charge is 2.25. The average molecular weight is 485 g/mol. The number of nitrogens with one attached hydrogen (secondary N) is 2. The minimum atomic E-state index is -4.23. The summed E-state index contributed by atoms with van der Waals surface area (Å²) >= 11 is 1.79. The van der Waals surface area contributed by atoms with Crippen molar-refractivity contribution < 1.29 is 33.2 Å². The summed E-state index contributed by atoms with van der Waals surface area (Å²) in [4.78, 5) is 33.2. The van der Waals surface area contributed by atoms with Crippen LogP contribution in [0.4, 0.5) is 0 Å². The van der Waals surface area contributed by atoms with Gasteiger partial charge >= 0.3 is 7.82 Å². The van der Waals surface area contributed by atoms with E-state index in [2.05, 4.69) is 31.4 Å². The Morgan fingerprint density at radius 1 is 1.00 bits per heavy atom. The van der Waals surface area contributed by atoms with Gasteiger partial charge in [0.15, 0.2) is 0 Å². The number of aliphatic hydroxyl groups excluding tert-OH is 1.